The van der Waals surface area contributed by atoms with Crippen molar-refractivity contribution in [2.45, 2.75) is 109 Å². The number of hydrogen-bond acceptors (Lipinski definition) is 2. The number of unbranched alkanes of at least 4 members (excludes halogenated alkanes) is 12. The molecule has 206 valence electrons. The van der Waals surface area contributed by atoms with Crippen LogP contribution in [-0.2, 0) is 10.3 Å². The second-order valence-electron chi connectivity index (χ2n) is 10.8. The summed E-state index contributed by atoms with van der Waals surface area (Å²) in [7, 11) is 0. The first-order valence-corrected chi connectivity index (χ1v) is 15.3. The summed E-state index contributed by atoms with van der Waals surface area (Å²) in [6.45, 7) is 2.58. The van der Waals surface area contributed by atoms with Gasteiger partial charge < -0.3 is 9.84 Å². The lowest BCUT2D eigenvalue weighted by Crippen LogP contribution is -2.35. The van der Waals surface area contributed by atoms with E-state index in [9.17, 15) is 5.11 Å². The average molecular weight is 515 g/mol. The molecule has 2 heteroatoms. The van der Waals surface area contributed by atoms with E-state index in [0.29, 0.717) is 6.61 Å². The van der Waals surface area contributed by atoms with Gasteiger partial charge in [0.05, 0.1) is 12.7 Å². The monoisotopic (exact) mass is 514 g/mol. The number of ether oxygens (including phenoxy) is 1. The molecule has 38 heavy (non-hydrogen) atoms. The fraction of sp³-hybridized carbons (Fsp3) is 0.500. The van der Waals surface area contributed by atoms with Crippen LogP contribution >= 0.6 is 0 Å². The van der Waals surface area contributed by atoms with Gasteiger partial charge in [0.1, 0.15) is 5.60 Å². The molecule has 0 saturated heterocycles. The fourth-order valence-electron chi connectivity index (χ4n) is 5.47. The Morgan fingerprint density at radius 3 is 1.24 bits per heavy atom. The van der Waals surface area contributed by atoms with Crippen LogP contribution in [0, 0.1) is 0 Å². The second-order valence-corrected chi connectivity index (χ2v) is 10.8. The topological polar surface area (TPSA) is 29.5 Å². The van der Waals surface area contributed by atoms with Crippen LogP contribution in [-0.4, -0.2) is 17.8 Å². The number of rotatable bonds is 20. The molecule has 0 saturated carbocycles. The van der Waals surface area contributed by atoms with Gasteiger partial charge in [-0.15, -0.1) is 0 Å². The van der Waals surface area contributed by atoms with Gasteiger partial charge in [0.25, 0.3) is 0 Å². The highest BCUT2D eigenvalue weighted by molar-refractivity contribution is 5.47. The lowest BCUT2D eigenvalue weighted by molar-refractivity contribution is -0.0405. The molecular weight excluding hydrogens is 464 g/mol. The van der Waals surface area contributed by atoms with Crippen molar-refractivity contribution in [1.82, 2.24) is 0 Å². The predicted octanol–water partition coefficient (Wildman–Crippen LogP) is 9.84. The van der Waals surface area contributed by atoms with E-state index < -0.39 is 11.7 Å². The van der Waals surface area contributed by atoms with Crippen LogP contribution in [0.15, 0.2) is 91.0 Å². The zero-order valence-electron chi connectivity index (χ0n) is 23.7. The van der Waals surface area contributed by atoms with Crippen molar-refractivity contribution in [3.05, 3.63) is 108 Å². The van der Waals surface area contributed by atoms with Crippen molar-refractivity contribution >= 4 is 0 Å². The minimum Gasteiger partial charge on any atom is -0.391 e. The predicted molar refractivity (Wildman–Crippen MR) is 161 cm³/mol. The summed E-state index contributed by atoms with van der Waals surface area (Å²) >= 11 is 0. The number of hydrogen-bond donors (Lipinski definition) is 1. The molecule has 0 spiro atoms. The van der Waals surface area contributed by atoms with Gasteiger partial charge >= 0.3 is 0 Å². The molecule has 2 nitrogen and oxygen atoms in total. The Hall–Kier alpha value is -2.42. The van der Waals surface area contributed by atoms with Crippen LogP contribution in [0.3, 0.4) is 0 Å². The van der Waals surface area contributed by atoms with Crippen LogP contribution in [0.25, 0.3) is 0 Å². The Balaban J connectivity index is 1.46. The quantitative estimate of drug-likeness (QED) is 0.120. The van der Waals surface area contributed by atoms with Gasteiger partial charge in [-0.05, 0) is 23.1 Å². The highest BCUT2D eigenvalue weighted by Crippen LogP contribution is 2.40. The minimum atomic E-state index is -0.763. The second kappa shape index (κ2) is 18.0. The van der Waals surface area contributed by atoms with E-state index in [-0.39, 0.29) is 0 Å². The molecule has 1 atom stereocenters. The first kappa shape index (κ1) is 30.1. The third kappa shape index (κ3) is 9.71. The van der Waals surface area contributed by atoms with Gasteiger partial charge in [-0.2, -0.15) is 0 Å². The molecule has 3 rings (SSSR count). The van der Waals surface area contributed by atoms with E-state index >= 15 is 0 Å². The van der Waals surface area contributed by atoms with Crippen LogP contribution in [0.4, 0.5) is 0 Å². The molecule has 1 unspecified atom stereocenters. The van der Waals surface area contributed by atoms with Crippen molar-refractivity contribution in [2.75, 3.05) is 6.61 Å². The Morgan fingerprint density at radius 1 is 0.526 bits per heavy atom. The summed E-state index contributed by atoms with van der Waals surface area (Å²) in [5.74, 6) is 0. The van der Waals surface area contributed by atoms with Gasteiger partial charge in [0.2, 0.25) is 0 Å². The first-order chi connectivity index (χ1) is 18.8. The van der Waals surface area contributed by atoms with Gasteiger partial charge in [-0.1, -0.05) is 181 Å². The van der Waals surface area contributed by atoms with E-state index in [4.69, 9.17) is 4.74 Å². The maximum atomic E-state index is 10.9. The van der Waals surface area contributed by atoms with Crippen LogP contribution in [0.1, 0.15) is 114 Å². The molecule has 3 aromatic rings. The molecule has 0 aromatic heterocycles. The molecule has 0 aliphatic rings. The molecule has 0 fully saturated rings. The molecular formula is C36H50O2. The van der Waals surface area contributed by atoms with Gasteiger partial charge in [-0.25, -0.2) is 0 Å². The average Bonchev–Trinajstić information content (AvgIpc) is 2.97. The Kier molecular flexibility index (Phi) is 14.2. The summed E-state index contributed by atoms with van der Waals surface area (Å²) in [6, 6.07) is 31.2. The molecule has 3 aromatic carbocycles. The number of aliphatic hydroxyl groups is 1. The Morgan fingerprint density at radius 2 is 0.868 bits per heavy atom. The molecule has 0 bridgehead atoms. The van der Waals surface area contributed by atoms with Gasteiger partial charge in [0, 0.05) is 0 Å². The highest BCUT2D eigenvalue weighted by Gasteiger charge is 2.37. The maximum absolute atomic E-state index is 10.9. The summed E-state index contributed by atoms with van der Waals surface area (Å²) in [4.78, 5) is 0. The lowest BCUT2D eigenvalue weighted by atomic mass is 9.80. The Bertz CT molecular complexity index is 858. The fourth-order valence-corrected chi connectivity index (χ4v) is 5.47. The third-order valence-corrected chi connectivity index (χ3v) is 7.67. The first-order valence-electron chi connectivity index (χ1n) is 15.3. The smallest absolute Gasteiger partial charge is 0.143 e. The van der Waals surface area contributed by atoms with E-state index in [1.165, 1.54) is 77.0 Å². The maximum Gasteiger partial charge on any atom is 0.143 e. The summed E-state index contributed by atoms with van der Waals surface area (Å²) in [5.41, 5.74) is 2.46. The number of aliphatic hydroxyl groups excluding tert-OH is 1. The van der Waals surface area contributed by atoms with Gasteiger partial charge in [0.15, 0.2) is 0 Å². The Labute approximate surface area is 232 Å². The number of benzene rings is 3. The van der Waals surface area contributed by atoms with E-state index in [1.807, 2.05) is 18.2 Å². The standard InChI is InChI=1S/C36H50O2/c1-2-3-4-5-6-7-8-9-10-11-12-13-23-30-35(37)31-38-36(32-24-17-14-18-25-32,33-26-19-15-20-27-33)34-28-21-16-22-29-34/h14-22,24-29,35,37H,2-13,23,30-31H2,1H3. The van der Waals surface area contributed by atoms with Crippen LogP contribution in [0.2, 0.25) is 0 Å². The molecule has 0 radical (unpaired) electrons. The molecule has 0 aliphatic carbocycles. The van der Waals surface area contributed by atoms with Gasteiger partial charge in [-0.3, -0.25) is 0 Å². The summed E-state index contributed by atoms with van der Waals surface area (Å²) in [6.07, 6.45) is 17.7. The largest absolute Gasteiger partial charge is 0.391 e. The SMILES string of the molecule is CCCCCCCCCCCCCCCC(O)COC(c1ccccc1)(c1ccccc1)c1ccccc1. The molecule has 0 aliphatic heterocycles. The molecule has 0 heterocycles. The normalized spacial score (nSPS) is 12.5. The highest BCUT2D eigenvalue weighted by atomic mass is 16.5. The minimum absolute atomic E-state index is 0.303. The van der Waals surface area contributed by atoms with Crippen molar-refractivity contribution in [2.24, 2.45) is 0 Å². The van der Waals surface area contributed by atoms with Crippen molar-refractivity contribution in [1.29, 1.82) is 0 Å². The van der Waals surface area contributed by atoms with Crippen LogP contribution in [0.5, 0.6) is 0 Å². The molecule has 0 amide bonds. The van der Waals surface area contributed by atoms with Crippen LogP contribution < -0.4 is 0 Å². The lowest BCUT2D eigenvalue weighted by Gasteiger charge is -2.36. The van der Waals surface area contributed by atoms with E-state index in [1.54, 1.807) is 0 Å². The zero-order valence-corrected chi connectivity index (χ0v) is 23.7. The van der Waals surface area contributed by atoms with E-state index in [2.05, 4.69) is 79.7 Å². The van der Waals surface area contributed by atoms with Crippen molar-refractivity contribution < 1.29 is 9.84 Å². The zero-order chi connectivity index (χ0) is 26.7. The van der Waals surface area contributed by atoms with E-state index in [0.717, 1.165) is 29.5 Å². The summed E-state index contributed by atoms with van der Waals surface area (Å²) < 4.78 is 6.76. The van der Waals surface area contributed by atoms with Crippen molar-refractivity contribution in [3.8, 4) is 0 Å². The summed E-state index contributed by atoms with van der Waals surface area (Å²) in [5, 5.41) is 10.9. The third-order valence-electron chi connectivity index (χ3n) is 7.67. The molecule has 1 N–H and O–H groups in total. The van der Waals surface area contributed by atoms with Crippen molar-refractivity contribution in [3.63, 3.8) is 0 Å².